The summed E-state index contributed by atoms with van der Waals surface area (Å²) in [5, 5.41) is 3.27. The standard InChI is InChI=1S/C34H35ClFN3O4S/c1-34(2,3)37-33(41)31(21-25-11-6-4-7-12-25)38(23-26-17-19-28(36)20-18-26)32(40)24-39(29-14-10-13-27(35)22-29)44(42,43)30-15-8-5-9-16-30/h4-20,22,31H,21,23-24H2,1-3H3,(H,37,41)/t31-/m1/s1. The molecule has 4 aromatic carbocycles. The Kier molecular flexibility index (Phi) is 10.4. The van der Waals surface area contributed by atoms with E-state index in [-0.39, 0.29) is 28.6 Å². The fraction of sp³-hybridized carbons (Fsp3) is 0.235. The van der Waals surface area contributed by atoms with E-state index in [0.29, 0.717) is 5.56 Å². The minimum Gasteiger partial charge on any atom is -0.350 e. The molecule has 0 aromatic heterocycles. The first-order valence-corrected chi connectivity index (χ1v) is 15.9. The molecule has 0 aliphatic rings. The lowest BCUT2D eigenvalue weighted by molar-refractivity contribution is -0.140. The van der Waals surface area contributed by atoms with E-state index in [0.717, 1.165) is 9.87 Å². The van der Waals surface area contributed by atoms with Crippen LogP contribution in [0.1, 0.15) is 31.9 Å². The first-order chi connectivity index (χ1) is 20.8. The van der Waals surface area contributed by atoms with Gasteiger partial charge in [0.15, 0.2) is 0 Å². The molecular formula is C34H35ClFN3O4S. The van der Waals surface area contributed by atoms with E-state index in [9.17, 15) is 22.4 Å². The van der Waals surface area contributed by atoms with Crippen LogP contribution in [0, 0.1) is 5.82 Å². The van der Waals surface area contributed by atoms with Crippen molar-refractivity contribution in [3.63, 3.8) is 0 Å². The molecule has 0 unspecified atom stereocenters. The van der Waals surface area contributed by atoms with Crippen molar-refractivity contribution in [3.8, 4) is 0 Å². The molecule has 230 valence electrons. The zero-order valence-electron chi connectivity index (χ0n) is 24.8. The topological polar surface area (TPSA) is 86.8 Å². The van der Waals surface area contributed by atoms with Gasteiger partial charge in [-0.25, -0.2) is 12.8 Å². The Labute approximate surface area is 263 Å². The molecule has 0 bridgehead atoms. The Balaban J connectivity index is 1.81. The lowest BCUT2D eigenvalue weighted by Gasteiger charge is -2.35. The van der Waals surface area contributed by atoms with Gasteiger partial charge in [-0.1, -0.05) is 78.3 Å². The molecule has 44 heavy (non-hydrogen) atoms. The van der Waals surface area contributed by atoms with E-state index in [1.54, 1.807) is 36.4 Å². The molecule has 0 heterocycles. The van der Waals surface area contributed by atoms with E-state index < -0.39 is 45.8 Å². The van der Waals surface area contributed by atoms with Gasteiger partial charge in [-0.3, -0.25) is 13.9 Å². The van der Waals surface area contributed by atoms with Crippen LogP contribution >= 0.6 is 11.6 Å². The predicted octanol–water partition coefficient (Wildman–Crippen LogP) is 6.23. The molecule has 0 radical (unpaired) electrons. The Hall–Kier alpha value is -4.21. The molecule has 0 aliphatic carbocycles. The zero-order chi connectivity index (χ0) is 31.9. The number of hydrogen-bond donors (Lipinski definition) is 1. The lowest BCUT2D eigenvalue weighted by Crippen LogP contribution is -2.56. The quantitative estimate of drug-likeness (QED) is 0.212. The van der Waals surface area contributed by atoms with Crippen molar-refractivity contribution in [1.29, 1.82) is 0 Å². The number of anilines is 1. The molecule has 0 saturated heterocycles. The largest absolute Gasteiger partial charge is 0.350 e. The number of nitrogens with zero attached hydrogens (tertiary/aromatic N) is 2. The third kappa shape index (κ3) is 8.67. The molecule has 0 spiro atoms. The minimum atomic E-state index is -4.23. The first kappa shape index (κ1) is 32.7. The van der Waals surface area contributed by atoms with Gasteiger partial charge in [0, 0.05) is 23.5 Å². The zero-order valence-corrected chi connectivity index (χ0v) is 26.4. The lowest BCUT2D eigenvalue weighted by atomic mass is 10.0. The Morgan fingerprint density at radius 2 is 1.45 bits per heavy atom. The normalized spacial score (nSPS) is 12.3. The van der Waals surface area contributed by atoms with Gasteiger partial charge in [-0.2, -0.15) is 0 Å². The van der Waals surface area contributed by atoms with Gasteiger partial charge in [0.2, 0.25) is 11.8 Å². The van der Waals surface area contributed by atoms with Gasteiger partial charge in [-0.15, -0.1) is 0 Å². The minimum absolute atomic E-state index is 0.0100. The fourth-order valence-electron chi connectivity index (χ4n) is 4.67. The molecular weight excluding hydrogens is 601 g/mol. The summed E-state index contributed by atoms with van der Waals surface area (Å²) in [6, 6.07) is 27.9. The van der Waals surface area contributed by atoms with Crippen molar-refractivity contribution < 1.29 is 22.4 Å². The number of carbonyl (C=O) groups excluding carboxylic acids is 2. The van der Waals surface area contributed by atoms with Crippen LogP contribution in [0.4, 0.5) is 10.1 Å². The molecule has 1 atom stereocenters. The highest BCUT2D eigenvalue weighted by Gasteiger charge is 2.35. The van der Waals surface area contributed by atoms with Crippen molar-refractivity contribution >= 4 is 39.1 Å². The van der Waals surface area contributed by atoms with Crippen LogP contribution in [0.5, 0.6) is 0 Å². The fourth-order valence-corrected chi connectivity index (χ4v) is 6.28. The molecule has 2 amide bonds. The Morgan fingerprint density at radius 3 is 2.05 bits per heavy atom. The number of benzene rings is 4. The number of halogens is 2. The summed E-state index contributed by atoms with van der Waals surface area (Å²) >= 11 is 6.25. The monoisotopic (exact) mass is 635 g/mol. The second-order valence-electron chi connectivity index (χ2n) is 11.4. The van der Waals surface area contributed by atoms with Gasteiger partial charge in [0.25, 0.3) is 10.0 Å². The summed E-state index contributed by atoms with van der Waals surface area (Å²) in [5.41, 5.74) is 0.957. The summed E-state index contributed by atoms with van der Waals surface area (Å²) < 4.78 is 42.7. The summed E-state index contributed by atoms with van der Waals surface area (Å²) in [5.74, 6) is -1.48. The van der Waals surface area contributed by atoms with Crippen molar-refractivity contribution in [2.75, 3.05) is 10.8 Å². The number of carbonyl (C=O) groups is 2. The SMILES string of the molecule is CC(C)(C)NC(=O)[C@@H](Cc1ccccc1)N(Cc1ccc(F)cc1)C(=O)CN(c1cccc(Cl)c1)S(=O)(=O)c1ccccc1. The third-order valence-electron chi connectivity index (χ3n) is 6.74. The highest BCUT2D eigenvalue weighted by atomic mass is 35.5. The van der Waals surface area contributed by atoms with Crippen LogP contribution in [0.2, 0.25) is 5.02 Å². The average Bonchev–Trinajstić information content (AvgIpc) is 2.98. The van der Waals surface area contributed by atoms with Gasteiger partial charge >= 0.3 is 0 Å². The van der Waals surface area contributed by atoms with Crippen molar-refractivity contribution in [1.82, 2.24) is 10.2 Å². The van der Waals surface area contributed by atoms with E-state index >= 15 is 0 Å². The van der Waals surface area contributed by atoms with Crippen molar-refractivity contribution in [3.05, 3.63) is 131 Å². The van der Waals surface area contributed by atoms with E-state index in [4.69, 9.17) is 11.6 Å². The van der Waals surface area contributed by atoms with E-state index in [1.807, 2.05) is 51.1 Å². The highest BCUT2D eigenvalue weighted by molar-refractivity contribution is 7.92. The molecule has 4 rings (SSSR count). The molecule has 7 nitrogen and oxygen atoms in total. The second kappa shape index (κ2) is 14.1. The van der Waals surface area contributed by atoms with Crippen LogP contribution in [0.3, 0.4) is 0 Å². The maximum atomic E-state index is 14.4. The average molecular weight is 636 g/mol. The van der Waals surface area contributed by atoms with Crippen LogP contribution in [0.25, 0.3) is 0 Å². The maximum absolute atomic E-state index is 14.4. The number of rotatable bonds is 11. The van der Waals surface area contributed by atoms with Crippen LogP contribution < -0.4 is 9.62 Å². The number of hydrogen-bond acceptors (Lipinski definition) is 4. The molecule has 4 aromatic rings. The summed E-state index contributed by atoms with van der Waals surface area (Å²) in [4.78, 5) is 29.6. The molecule has 0 aliphatic heterocycles. The van der Waals surface area contributed by atoms with Gasteiger partial charge < -0.3 is 10.2 Å². The van der Waals surface area contributed by atoms with E-state index in [2.05, 4.69) is 5.32 Å². The predicted molar refractivity (Wildman–Crippen MR) is 171 cm³/mol. The van der Waals surface area contributed by atoms with Crippen LogP contribution in [-0.4, -0.2) is 43.3 Å². The summed E-state index contributed by atoms with van der Waals surface area (Å²) in [7, 11) is -4.23. The Morgan fingerprint density at radius 1 is 0.841 bits per heavy atom. The number of nitrogens with one attached hydrogen (secondary N) is 1. The smallest absolute Gasteiger partial charge is 0.264 e. The number of amides is 2. The summed E-state index contributed by atoms with van der Waals surface area (Å²) in [6.07, 6.45) is 0.165. The highest BCUT2D eigenvalue weighted by Crippen LogP contribution is 2.27. The maximum Gasteiger partial charge on any atom is 0.264 e. The molecule has 0 saturated carbocycles. The van der Waals surface area contributed by atoms with Crippen LogP contribution in [-0.2, 0) is 32.6 Å². The molecule has 1 N–H and O–H groups in total. The Bertz CT molecular complexity index is 1680. The van der Waals surface area contributed by atoms with Crippen molar-refractivity contribution in [2.45, 2.75) is 50.2 Å². The van der Waals surface area contributed by atoms with Crippen molar-refractivity contribution in [2.24, 2.45) is 0 Å². The van der Waals surface area contributed by atoms with Crippen LogP contribution in [0.15, 0.2) is 114 Å². The number of sulfonamides is 1. The third-order valence-corrected chi connectivity index (χ3v) is 8.76. The molecule has 10 heteroatoms. The van der Waals surface area contributed by atoms with E-state index in [1.165, 1.54) is 47.4 Å². The van der Waals surface area contributed by atoms with Gasteiger partial charge in [0.05, 0.1) is 10.6 Å². The van der Waals surface area contributed by atoms with Gasteiger partial charge in [-0.05, 0) is 74.4 Å². The first-order valence-electron chi connectivity index (χ1n) is 14.1. The van der Waals surface area contributed by atoms with Gasteiger partial charge in [0.1, 0.15) is 18.4 Å². The molecule has 0 fully saturated rings. The second-order valence-corrected chi connectivity index (χ2v) is 13.7. The summed E-state index contributed by atoms with van der Waals surface area (Å²) in [6.45, 7) is 4.83.